The van der Waals surface area contributed by atoms with Crippen molar-refractivity contribution in [3.8, 4) is 0 Å². The first-order valence-corrected chi connectivity index (χ1v) is 8.87. The second-order valence-electron chi connectivity index (χ2n) is 7.22. The van der Waals surface area contributed by atoms with Gasteiger partial charge in [-0.25, -0.2) is 0 Å². The van der Waals surface area contributed by atoms with Crippen LogP contribution in [-0.4, -0.2) is 25.7 Å². The Balaban J connectivity index is 1.53. The SMILES string of the molecule is CC(C)(C)c1ccc(NC(=O)c2nn3c(C4CC4)nnc3s2)cc1. The zero-order chi connectivity index (χ0) is 16.9. The lowest BCUT2D eigenvalue weighted by atomic mass is 9.87. The molecule has 6 nitrogen and oxygen atoms in total. The molecule has 0 bridgehead atoms. The van der Waals surface area contributed by atoms with Gasteiger partial charge in [0.2, 0.25) is 9.97 Å². The summed E-state index contributed by atoms with van der Waals surface area (Å²) < 4.78 is 1.71. The van der Waals surface area contributed by atoms with Gasteiger partial charge in [0.05, 0.1) is 0 Å². The van der Waals surface area contributed by atoms with Crippen LogP contribution in [0, 0.1) is 0 Å². The van der Waals surface area contributed by atoms with Crippen molar-refractivity contribution in [1.82, 2.24) is 19.8 Å². The van der Waals surface area contributed by atoms with Gasteiger partial charge in [-0.2, -0.15) is 4.52 Å². The molecule has 1 aromatic carbocycles. The van der Waals surface area contributed by atoms with Gasteiger partial charge in [-0.1, -0.05) is 44.2 Å². The maximum Gasteiger partial charge on any atom is 0.286 e. The van der Waals surface area contributed by atoms with Crippen molar-refractivity contribution in [3.05, 3.63) is 40.7 Å². The monoisotopic (exact) mass is 341 g/mol. The minimum absolute atomic E-state index is 0.0926. The van der Waals surface area contributed by atoms with Crippen LogP contribution in [0.4, 0.5) is 5.69 Å². The zero-order valence-electron chi connectivity index (χ0n) is 13.9. The van der Waals surface area contributed by atoms with E-state index in [4.69, 9.17) is 0 Å². The molecule has 0 spiro atoms. The van der Waals surface area contributed by atoms with Crippen LogP contribution in [0.5, 0.6) is 0 Å². The molecule has 2 heterocycles. The van der Waals surface area contributed by atoms with Crippen LogP contribution in [0.3, 0.4) is 0 Å². The summed E-state index contributed by atoms with van der Waals surface area (Å²) in [5.74, 6) is 1.11. The van der Waals surface area contributed by atoms with E-state index in [0.717, 1.165) is 24.4 Å². The molecule has 1 aliphatic rings. The summed E-state index contributed by atoms with van der Waals surface area (Å²) in [5, 5.41) is 16.0. The summed E-state index contributed by atoms with van der Waals surface area (Å²) in [6.07, 6.45) is 2.25. The number of carbonyl (C=O) groups excluding carboxylic acids is 1. The number of hydrogen-bond donors (Lipinski definition) is 1. The molecular weight excluding hydrogens is 322 g/mol. The molecule has 2 aromatic heterocycles. The summed E-state index contributed by atoms with van der Waals surface area (Å²) in [7, 11) is 0. The Morgan fingerprint density at radius 3 is 2.54 bits per heavy atom. The third kappa shape index (κ3) is 2.80. The first-order chi connectivity index (χ1) is 11.4. The van der Waals surface area contributed by atoms with Gasteiger partial charge in [0.25, 0.3) is 5.91 Å². The van der Waals surface area contributed by atoms with E-state index in [1.165, 1.54) is 16.9 Å². The van der Waals surface area contributed by atoms with Gasteiger partial charge in [0.1, 0.15) is 0 Å². The summed E-state index contributed by atoms with van der Waals surface area (Å²) in [6.45, 7) is 6.49. The summed E-state index contributed by atoms with van der Waals surface area (Å²) in [6, 6.07) is 7.93. The molecule has 0 saturated heterocycles. The number of benzene rings is 1. The number of nitrogens with one attached hydrogen (secondary N) is 1. The van der Waals surface area contributed by atoms with Gasteiger partial charge in [-0.3, -0.25) is 4.79 Å². The number of amides is 1. The van der Waals surface area contributed by atoms with Crippen molar-refractivity contribution in [3.63, 3.8) is 0 Å². The van der Waals surface area contributed by atoms with Gasteiger partial charge in [0.15, 0.2) is 5.82 Å². The maximum absolute atomic E-state index is 12.4. The number of aromatic nitrogens is 4. The van der Waals surface area contributed by atoms with Crippen LogP contribution in [-0.2, 0) is 5.41 Å². The fourth-order valence-corrected chi connectivity index (χ4v) is 3.30. The van der Waals surface area contributed by atoms with Crippen LogP contribution >= 0.6 is 11.3 Å². The van der Waals surface area contributed by atoms with E-state index >= 15 is 0 Å². The molecule has 3 aromatic rings. The van der Waals surface area contributed by atoms with E-state index in [2.05, 4.69) is 41.4 Å². The smallest absolute Gasteiger partial charge is 0.286 e. The Morgan fingerprint density at radius 2 is 1.92 bits per heavy atom. The molecule has 1 amide bonds. The Morgan fingerprint density at radius 1 is 1.21 bits per heavy atom. The summed E-state index contributed by atoms with van der Waals surface area (Å²) in [4.78, 5) is 13.1. The Bertz CT molecular complexity index is 899. The average molecular weight is 341 g/mol. The second kappa shape index (κ2) is 5.37. The molecule has 0 unspecified atom stereocenters. The standard InChI is InChI=1S/C17H19N5OS/c1-17(2,3)11-6-8-12(9-7-11)18-14(23)15-21-22-13(10-4-5-10)19-20-16(22)24-15/h6-10H,4-5H2,1-3H3,(H,18,23). The lowest BCUT2D eigenvalue weighted by molar-refractivity contribution is 0.102. The molecule has 124 valence electrons. The second-order valence-corrected chi connectivity index (χ2v) is 8.17. The fourth-order valence-electron chi connectivity index (χ4n) is 2.56. The van der Waals surface area contributed by atoms with Gasteiger partial charge >= 0.3 is 0 Å². The Kier molecular flexibility index (Phi) is 3.42. The quantitative estimate of drug-likeness (QED) is 0.790. The molecule has 0 radical (unpaired) electrons. The predicted octanol–water partition coefficient (Wildman–Crippen LogP) is 3.61. The van der Waals surface area contributed by atoms with Crippen molar-refractivity contribution in [2.45, 2.75) is 44.9 Å². The van der Waals surface area contributed by atoms with Crippen molar-refractivity contribution in [2.24, 2.45) is 0 Å². The molecule has 4 rings (SSSR count). The highest BCUT2D eigenvalue weighted by atomic mass is 32.1. The molecule has 7 heteroatoms. The minimum atomic E-state index is -0.212. The first-order valence-electron chi connectivity index (χ1n) is 8.06. The van der Waals surface area contributed by atoms with Crippen LogP contribution in [0.15, 0.2) is 24.3 Å². The molecule has 24 heavy (non-hydrogen) atoms. The number of carbonyl (C=O) groups is 1. The number of anilines is 1. The van der Waals surface area contributed by atoms with E-state index in [0.29, 0.717) is 15.9 Å². The first kappa shape index (κ1) is 15.3. The van der Waals surface area contributed by atoms with Crippen LogP contribution in [0.1, 0.15) is 60.7 Å². The lowest BCUT2D eigenvalue weighted by Gasteiger charge is -2.19. The topological polar surface area (TPSA) is 72.2 Å². The summed E-state index contributed by atoms with van der Waals surface area (Å²) in [5.41, 5.74) is 2.09. The van der Waals surface area contributed by atoms with Gasteiger partial charge in [-0.15, -0.1) is 15.3 Å². The molecule has 1 saturated carbocycles. The van der Waals surface area contributed by atoms with Crippen molar-refractivity contribution in [1.29, 1.82) is 0 Å². The van der Waals surface area contributed by atoms with Crippen molar-refractivity contribution in [2.75, 3.05) is 5.32 Å². The molecule has 0 atom stereocenters. The number of rotatable bonds is 3. The van der Waals surface area contributed by atoms with E-state index in [9.17, 15) is 4.79 Å². The van der Waals surface area contributed by atoms with Crippen molar-refractivity contribution >= 4 is 27.9 Å². The van der Waals surface area contributed by atoms with Crippen LogP contribution in [0.25, 0.3) is 4.96 Å². The number of fused-ring (bicyclic) bond motifs is 1. The highest BCUT2D eigenvalue weighted by Gasteiger charge is 2.30. The average Bonchev–Trinajstić information content (AvgIpc) is 3.15. The highest BCUT2D eigenvalue weighted by molar-refractivity contribution is 7.18. The molecule has 1 N–H and O–H groups in total. The lowest BCUT2D eigenvalue weighted by Crippen LogP contribution is -2.14. The van der Waals surface area contributed by atoms with Crippen LogP contribution < -0.4 is 5.32 Å². The third-order valence-corrected chi connectivity index (χ3v) is 5.06. The predicted molar refractivity (Wildman–Crippen MR) is 93.7 cm³/mol. The largest absolute Gasteiger partial charge is 0.320 e. The van der Waals surface area contributed by atoms with E-state index in [-0.39, 0.29) is 11.3 Å². The molecular formula is C17H19N5OS. The maximum atomic E-state index is 12.4. The van der Waals surface area contributed by atoms with E-state index in [1.807, 2.05) is 24.3 Å². The molecule has 0 aliphatic heterocycles. The zero-order valence-corrected chi connectivity index (χ0v) is 14.7. The third-order valence-electron chi connectivity index (χ3n) is 4.16. The highest BCUT2D eigenvalue weighted by Crippen LogP contribution is 2.39. The van der Waals surface area contributed by atoms with Gasteiger partial charge in [0, 0.05) is 11.6 Å². The van der Waals surface area contributed by atoms with Crippen LogP contribution in [0.2, 0.25) is 0 Å². The molecule has 1 aliphatic carbocycles. The number of hydrogen-bond acceptors (Lipinski definition) is 5. The Hall–Kier alpha value is -2.28. The Labute approximate surface area is 143 Å². The molecule has 1 fully saturated rings. The van der Waals surface area contributed by atoms with E-state index in [1.54, 1.807) is 4.52 Å². The van der Waals surface area contributed by atoms with Gasteiger partial charge in [-0.05, 0) is 36.0 Å². The van der Waals surface area contributed by atoms with Gasteiger partial charge < -0.3 is 5.32 Å². The van der Waals surface area contributed by atoms with Crippen molar-refractivity contribution < 1.29 is 4.79 Å². The normalized spacial score (nSPS) is 15.0. The van der Waals surface area contributed by atoms with E-state index < -0.39 is 0 Å². The number of nitrogens with zero attached hydrogens (tertiary/aromatic N) is 4. The summed E-state index contributed by atoms with van der Waals surface area (Å²) >= 11 is 1.26. The fraction of sp³-hybridized carbons (Fsp3) is 0.412. The minimum Gasteiger partial charge on any atom is -0.320 e.